The van der Waals surface area contributed by atoms with Crippen LogP contribution in [-0.2, 0) is 14.9 Å². The van der Waals surface area contributed by atoms with Crippen LogP contribution in [0.2, 0.25) is 0 Å². The molecule has 154 valence electrons. The molecule has 0 saturated heterocycles. The highest BCUT2D eigenvalue weighted by molar-refractivity contribution is 9.10. The lowest BCUT2D eigenvalue weighted by atomic mass is 9.64. The van der Waals surface area contributed by atoms with E-state index in [1.165, 1.54) is 4.90 Å². The topological polar surface area (TPSA) is 96.4 Å². The maximum Gasteiger partial charge on any atom is 0.247 e. The van der Waals surface area contributed by atoms with Gasteiger partial charge in [0.15, 0.2) is 5.78 Å². The van der Waals surface area contributed by atoms with Crippen LogP contribution in [0.4, 0.5) is 5.69 Å². The first-order chi connectivity index (χ1) is 15.4. The molecule has 3 aromatic carbocycles. The number of rotatable bonds is 0. The Morgan fingerprint density at radius 3 is 2.53 bits per heavy atom. The highest BCUT2D eigenvalue weighted by atomic mass is 79.9. The van der Waals surface area contributed by atoms with Crippen LogP contribution in [0.25, 0.3) is 16.5 Å². The molecule has 1 spiro atoms. The summed E-state index contributed by atoms with van der Waals surface area (Å²) in [5.74, 6) is -0.713. The lowest BCUT2D eigenvalue weighted by Gasteiger charge is -2.37. The van der Waals surface area contributed by atoms with E-state index in [9.17, 15) is 14.9 Å². The molecule has 6 nitrogen and oxygen atoms in total. The molecule has 0 saturated carbocycles. The number of fused-ring (bicyclic) bond motifs is 4. The van der Waals surface area contributed by atoms with E-state index < -0.39 is 11.3 Å². The summed E-state index contributed by atoms with van der Waals surface area (Å²) in [6.45, 7) is 0. The Bertz CT molecular complexity index is 1540. The molecule has 3 aliphatic rings. The van der Waals surface area contributed by atoms with Gasteiger partial charge in [-0.15, -0.1) is 0 Å². The van der Waals surface area contributed by atoms with Crippen molar-refractivity contribution in [2.45, 2.75) is 5.41 Å². The molecule has 1 atom stereocenters. The Kier molecular flexibility index (Phi) is 3.58. The predicted molar refractivity (Wildman–Crippen MR) is 122 cm³/mol. The van der Waals surface area contributed by atoms with Crippen molar-refractivity contribution in [2.75, 3.05) is 11.9 Å². The van der Waals surface area contributed by atoms with Gasteiger partial charge in [-0.2, -0.15) is 5.26 Å². The molecule has 1 unspecified atom stereocenters. The molecule has 2 heterocycles. The van der Waals surface area contributed by atoms with Crippen molar-refractivity contribution in [3.63, 3.8) is 0 Å². The number of Topliss-reactive ketones (excluding diaryl/α,β-unsaturated/α-hetero) is 1. The summed E-state index contributed by atoms with van der Waals surface area (Å²) in [5.41, 5.74) is 6.89. The average Bonchev–Trinajstić information content (AvgIpc) is 2.99. The van der Waals surface area contributed by atoms with E-state index in [1.54, 1.807) is 25.2 Å². The third kappa shape index (κ3) is 1.98. The van der Waals surface area contributed by atoms with Gasteiger partial charge in [-0.1, -0.05) is 52.3 Å². The highest BCUT2D eigenvalue weighted by Gasteiger charge is 2.62. The fourth-order valence-corrected chi connectivity index (χ4v) is 5.57. The van der Waals surface area contributed by atoms with Crippen LogP contribution in [0, 0.1) is 11.3 Å². The molecule has 0 bridgehead atoms. The number of hydrogen-bond acceptors (Lipinski definition) is 5. The smallest absolute Gasteiger partial charge is 0.247 e. The van der Waals surface area contributed by atoms with Crippen molar-refractivity contribution in [3.8, 4) is 6.07 Å². The van der Waals surface area contributed by atoms with Gasteiger partial charge in [-0.25, -0.2) is 0 Å². The van der Waals surface area contributed by atoms with E-state index in [4.69, 9.17) is 10.5 Å². The molecular weight excluding hydrogens is 470 g/mol. The Labute approximate surface area is 191 Å². The van der Waals surface area contributed by atoms with Crippen LogP contribution in [0.15, 0.2) is 76.1 Å². The van der Waals surface area contributed by atoms with Crippen LogP contribution in [0.3, 0.4) is 0 Å². The van der Waals surface area contributed by atoms with Gasteiger partial charge < -0.3 is 15.4 Å². The minimum atomic E-state index is -1.69. The van der Waals surface area contributed by atoms with Gasteiger partial charge in [0.25, 0.3) is 0 Å². The number of carbonyl (C=O) groups excluding carboxylic acids is 2. The normalized spacial score (nSPS) is 21.1. The molecular formula is C25H14BrN3O3. The minimum absolute atomic E-state index is 0.0788. The Balaban J connectivity index is 1.82. The van der Waals surface area contributed by atoms with Crippen molar-refractivity contribution in [1.82, 2.24) is 0 Å². The van der Waals surface area contributed by atoms with Crippen LogP contribution in [0.5, 0.6) is 0 Å². The van der Waals surface area contributed by atoms with Crippen LogP contribution in [0.1, 0.15) is 21.5 Å². The molecule has 0 radical (unpaired) electrons. The number of likely N-dealkylation sites (N-methyl/N-ethyl adjacent to an activating group) is 1. The number of nitriles is 1. The average molecular weight is 484 g/mol. The van der Waals surface area contributed by atoms with Crippen molar-refractivity contribution in [2.24, 2.45) is 5.73 Å². The summed E-state index contributed by atoms with van der Waals surface area (Å²) >= 11 is 3.47. The zero-order chi connectivity index (χ0) is 22.4. The molecule has 32 heavy (non-hydrogen) atoms. The molecule has 2 aliphatic heterocycles. The zero-order valence-electron chi connectivity index (χ0n) is 16.8. The predicted octanol–water partition coefficient (Wildman–Crippen LogP) is 4.15. The maximum atomic E-state index is 14.0. The number of carbonyl (C=O) groups is 2. The fourth-order valence-electron chi connectivity index (χ4n) is 5.21. The Morgan fingerprint density at radius 1 is 1.09 bits per heavy atom. The van der Waals surface area contributed by atoms with Crippen LogP contribution < -0.4 is 10.6 Å². The number of ketones is 1. The SMILES string of the molecule is CN1C(=O)C2(C(C#N)=C(N)OC3=C2C(=O)c2cccc4cccc3c24)c2cc(Br)ccc21. The van der Waals surface area contributed by atoms with Gasteiger partial charge >= 0.3 is 0 Å². The second kappa shape index (κ2) is 6.09. The fraction of sp³-hybridized carbons (Fsp3) is 0.0800. The van der Waals surface area contributed by atoms with E-state index in [2.05, 4.69) is 22.0 Å². The molecule has 7 heteroatoms. The molecule has 1 aliphatic carbocycles. The second-order valence-corrected chi connectivity index (χ2v) is 8.89. The highest BCUT2D eigenvalue weighted by Crippen LogP contribution is 2.57. The molecule has 3 aromatic rings. The standard InChI is InChI=1S/C25H14BrN3O3/c1-29-18-9-8-13(26)10-16(18)25(24(29)31)17(11-27)23(28)32-22-15-7-3-5-12-4-2-6-14(19(12)15)21(30)20(22)25/h2-10H,28H2,1H3. The van der Waals surface area contributed by atoms with Gasteiger partial charge in [-0.3, -0.25) is 9.59 Å². The Hall–Kier alpha value is -3.89. The van der Waals surface area contributed by atoms with Gasteiger partial charge in [0.1, 0.15) is 22.8 Å². The summed E-state index contributed by atoms with van der Waals surface area (Å²) in [6, 6.07) is 18.5. The largest absolute Gasteiger partial charge is 0.439 e. The van der Waals surface area contributed by atoms with Gasteiger partial charge in [0, 0.05) is 39.3 Å². The summed E-state index contributed by atoms with van der Waals surface area (Å²) in [6.07, 6.45) is 0. The molecule has 0 aromatic heterocycles. The van der Waals surface area contributed by atoms with E-state index in [-0.39, 0.29) is 28.6 Å². The number of nitrogens with two attached hydrogens (primary N) is 1. The second-order valence-electron chi connectivity index (χ2n) is 7.97. The number of nitrogens with zero attached hydrogens (tertiary/aromatic N) is 2. The van der Waals surface area contributed by atoms with Crippen molar-refractivity contribution < 1.29 is 14.3 Å². The van der Waals surface area contributed by atoms with Gasteiger partial charge in [0.05, 0.1) is 5.57 Å². The number of anilines is 1. The molecule has 6 rings (SSSR count). The van der Waals surface area contributed by atoms with Crippen molar-refractivity contribution >= 4 is 49.8 Å². The number of ether oxygens (including phenoxy) is 1. The van der Waals surface area contributed by atoms with Gasteiger partial charge in [-0.05, 0) is 23.6 Å². The number of benzene rings is 3. The summed E-state index contributed by atoms with van der Waals surface area (Å²) < 4.78 is 6.65. The van der Waals surface area contributed by atoms with E-state index in [0.29, 0.717) is 26.9 Å². The molecule has 0 fully saturated rings. The van der Waals surface area contributed by atoms with E-state index in [1.807, 2.05) is 36.4 Å². The molecule has 2 N–H and O–H groups in total. The van der Waals surface area contributed by atoms with E-state index in [0.717, 1.165) is 10.8 Å². The first kappa shape index (κ1) is 18.8. The lowest BCUT2D eigenvalue weighted by molar-refractivity contribution is -0.120. The Morgan fingerprint density at radius 2 is 1.81 bits per heavy atom. The summed E-state index contributed by atoms with van der Waals surface area (Å²) in [4.78, 5) is 29.4. The van der Waals surface area contributed by atoms with Crippen LogP contribution >= 0.6 is 15.9 Å². The third-order valence-corrected chi connectivity index (χ3v) is 7.01. The number of halogens is 1. The quantitative estimate of drug-likeness (QED) is 0.517. The first-order valence-electron chi connectivity index (χ1n) is 9.89. The number of hydrogen-bond donors (Lipinski definition) is 1. The van der Waals surface area contributed by atoms with Crippen molar-refractivity contribution in [1.29, 1.82) is 5.26 Å². The third-order valence-electron chi connectivity index (χ3n) is 6.52. The monoisotopic (exact) mass is 483 g/mol. The minimum Gasteiger partial charge on any atom is -0.439 e. The van der Waals surface area contributed by atoms with Gasteiger partial charge in [0.2, 0.25) is 11.8 Å². The lowest BCUT2D eigenvalue weighted by Crippen LogP contribution is -2.48. The van der Waals surface area contributed by atoms with E-state index >= 15 is 0 Å². The summed E-state index contributed by atoms with van der Waals surface area (Å²) in [7, 11) is 1.63. The summed E-state index contributed by atoms with van der Waals surface area (Å²) in [5, 5.41) is 11.8. The molecule has 1 amide bonds. The zero-order valence-corrected chi connectivity index (χ0v) is 18.4. The van der Waals surface area contributed by atoms with Crippen LogP contribution in [-0.4, -0.2) is 18.7 Å². The van der Waals surface area contributed by atoms with Crippen molar-refractivity contribution in [3.05, 3.63) is 92.8 Å². The number of amides is 1. The first-order valence-corrected chi connectivity index (χ1v) is 10.7. The maximum absolute atomic E-state index is 14.0.